The fourth-order valence-electron chi connectivity index (χ4n) is 7.00. The van der Waals surface area contributed by atoms with Crippen molar-refractivity contribution in [3.63, 3.8) is 0 Å². The maximum atomic E-state index is 14.1. The van der Waals surface area contributed by atoms with Crippen molar-refractivity contribution in [1.29, 1.82) is 0 Å². The van der Waals surface area contributed by atoms with Gasteiger partial charge in [0.15, 0.2) is 0 Å². The lowest BCUT2D eigenvalue weighted by Crippen LogP contribution is -2.57. The van der Waals surface area contributed by atoms with Gasteiger partial charge in [-0.1, -0.05) is 36.4 Å². The molecule has 3 aliphatic heterocycles. The largest absolute Gasteiger partial charge is 0.372 e. The van der Waals surface area contributed by atoms with Crippen molar-refractivity contribution >= 4 is 17.6 Å². The van der Waals surface area contributed by atoms with Gasteiger partial charge in [-0.3, -0.25) is 14.6 Å². The summed E-state index contributed by atoms with van der Waals surface area (Å²) in [5.41, 5.74) is 4.46. The minimum absolute atomic E-state index is 0.0358. The molecule has 1 spiro atoms. The molecule has 7 heteroatoms. The van der Waals surface area contributed by atoms with E-state index in [1.165, 1.54) is 35.2 Å². The lowest BCUT2D eigenvalue weighted by molar-refractivity contribution is -0.137. The Morgan fingerprint density at radius 1 is 0.868 bits per heavy atom. The van der Waals surface area contributed by atoms with Crippen LogP contribution in [0.2, 0.25) is 0 Å². The molecule has 0 aromatic heterocycles. The van der Waals surface area contributed by atoms with E-state index in [9.17, 15) is 9.59 Å². The van der Waals surface area contributed by atoms with Crippen LogP contribution >= 0.6 is 0 Å². The Morgan fingerprint density at radius 2 is 1.50 bits per heavy atom. The standard InChI is InChI=1S/C31H41N5O2/c1-32(2)19-20-35-30(38)36(28-21-25-7-3-4-8-26(25)22-28)29(37)31(35)13-17-33(18-14-31)23-24-9-11-27(12-10-24)34-15-5-6-16-34/h3-4,7-12,28H,5-6,13-23H2,1-2H3. The first-order valence-corrected chi connectivity index (χ1v) is 14.4. The normalized spacial score (nSPS) is 21.9. The predicted molar refractivity (Wildman–Crippen MR) is 150 cm³/mol. The highest BCUT2D eigenvalue weighted by molar-refractivity contribution is 6.07. The molecule has 1 aliphatic carbocycles. The van der Waals surface area contributed by atoms with E-state index in [1.807, 2.05) is 19.0 Å². The minimum Gasteiger partial charge on any atom is -0.372 e. The number of likely N-dealkylation sites (N-methyl/N-ethyl adjacent to an activating group) is 1. The number of piperidine rings is 1. The molecule has 4 aliphatic rings. The third kappa shape index (κ3) is 4.60. The monoisotopic (exact) mass is 515 g/mol. The molecule has 0 unspecified atom stereocenters. The topological polar surface area (TPSA) is 50.3 Å². The maximum absolute atomic E-state index is 14.1. The number of anilines is 1. The molecule has 202 valence electrons. The van der Waals surface area contributed by atoms with Crippen LogP contribution in [0.15, 0.2) is 48.5 Å². The van der Waals surface area contributed by atoms with Gasteiger partial charge in [0.2, 0.25) is 0 Å². The van der Waals surface area contributed by atoms with Crippen molar-refractivity contribution in [3.05, 3.63) is 65.2 Å². The molecule has 0 bridgehead atoms. The SMILES string of the molecule is CN(C)CCN1C(=O)N(C2Cc3ccccc3C2)C(=O)C12CCN(Cc1ccc(N3CCCC3)cc1)CC2. The first-order valence-electron chi connectivity index (χ1n) is 14.4. The van der Waals surface area contributed by atoms with Crippen LogP contribution in [0, 0.1) is 0 Å². The van der Waals surface area contributed by atoms with Gasteiger partial charge in [-0.15, -0.1) is 0 Å². The molecule has 3 saturated heterocycles. The second-order valence-corrected chi connectivity index (χ2v) is 11.9. The average Bonchev–Trinajstić information content (AvgIpc) is 3.64. The van der Waals surface area contributed by atoms with E-state index in [0.29, 0.717) is 19.4 Å². The minimum atomic E-state index is -0.710. The average molecular weight is 516 g/mol. The number of rotatable bonds is 7. The van der Waals surface area contributed by atoms with E-state index in [4.69, 9.17) is 0 Å². The van der Waals surface area contributed by atoms with Gasteiger partial charge >= 0.3 is 6.03 Å². The van der Waals surface area contributed by atoms with Crippen LogP contribution in [-0.4, -0.2) is 96.5 Å². The Labute approximate surface area is 227 Å². The zero-order valence-electron chi connectivity index (χ0n) is 22.9. The van der Waals surface area contributed by atoms with Gasteiger partial charge in [0.25, 0.3) is 5.91 Å². The van der Waals surface area contributed by atoms with Crippen LogP contribution in [0.25, 0.3) is 0 Å². The number of hydrogen-bond acceptors (Lipinski definition) is 5. The van der Waals surface area contributed by atoms with Crippen LogP contribution in [0.3, 0.4) is 0 Å². The van der Waals surface area contributed by atoms with Crippen LogP contribution in [0.5, 0.6) is 0 Å². The van der Waals surface area contributed by atoms with E-state index in [0.717, 1.165) is 52.1 Å². The third-order valence-corrected chi connectivity index (χ3v) is 9.23. The number of carbonyl (C=O) groups excluding carboxylic acids is 2. The smallest absolute Gasteiger partial charge is 0.328 e. The van der Waals surface area contributed by atoms with Gasteiger partial charge in [0.05, 0.1) is 0 Å². The number of amides is 3. The molecule has 7 nitrogen and oxygen atoms in total. The molecular formula is C31H41N5O2. The summed E-state index contributed by atoms with van der Waals surface area (Å²) in [7, 11) is 4.05. The molecule has 2 aromatic rings. The summed E-state index contributed by atoms with van der Waals surface area (Å²) in [4.78, 5) is 38.6. The summed E-state index contributed by atoms with van der Waals surface area (Å²) >= 11 is 0. The molecule has 0 radical (unpaired) electrons. The summed E-state index contributed by atoms with van der Waals surface area (Å²) in [5.74, 6) is 0.0358. The van der Waals surface area contributed by atoms with E-state index < -0.39 is 5.54 Å². The molecule has 38 heavy (non-hydrogen) atoms. The van der Waals surface area contributed by atoms with E-state index >= 15 is 0 Å². The number of hydrogen-bond donors (Lipinski definition) is 0. The highest BCUT2D eigenvalue weighted by atomic mass is 16.2. The highest BCUT2D eigenvalue weighted by Crippen LogP contribution is 2.40. The molecule has 3 fully saturated rings. The summed E-state index contributed by atoms with van der Waals surface area (Å²) in [5, 5.41) is 0. The first kappa shape index (κ1) is 25.4. The Bertz CT molecular complexity index is 1140. The van der Waals surface area contributed by atoms with Gasteiger partial charge in [-0.2, -0.15) is 0 Å². The Kier molecular flexibility index (Phi) is 6.91. The van der Waals surface area contributed by atoms with Crippen LogP contribution in [-0.2, 0) is 24.2 Å². The molecule has 0 N–H and O–H groups in total. The second kappa shape index (κ2) is 10.3. The molecule has 0 atom stereocenters. The van der Waals surface area contributed by atoms with Crippen molar-refractivity contribution in [2.75, 3.05) is 58.3 Å². The number of benzene rings is 2. The Morgan fingerprint density at radius 3 is 2.11 bits per heavy atom. The number of imide groups is 1. The number of nitrogens with zero attached hydrogens (tertiary/aromatic N) is 5. The molecule has 0 saturated carbocycles. The number of likely N-dealkylation sites (tertiary alicyclic amines) is 1. The molecule has 2 aromatic carbocycles. The number of fused-ring (bicyclic) bond motifs is 1. The molecule has 6 rings (SSSR count). The van der Waals surface area contributed by atoms with Crippen LogP contribution in [0.4, 0.5) is 10.5 Å². The van der Waals surface area contributed by atoms with Crippen LogP contribution < -0.4 is 4.90 Å². The fourth-order valence-corrected chi connectivity index (χ4v) is 7.00. The van der Waals surface area contributed by atoms with Crippen molar-refractivity contribution in [2.45, 2.75) is 56.7 Å². The van der Waals surface area contributed by atoms with Crippen molar-refractivity contribution in [3.8, 4) is 0 Å². The van der Waals surface area contributed by atoms with Crippen LogP contribution in [0.1, 0.15) is 42.4 Å². The third-order valence-electron chi connectivity index (χ3n) is 9.23. The Hall–Kier alpha value is -2.90. The zero-order chi connectivity index (χ0) is 26.3. The lowest BCUT2D eigenvalue weighted by atomic mass is 9.85. The summed E-state index contributed by atoms with van der Waals surface area (Å²) in [6, 6.07) is 17.2. The van der Waals surface area contributed by atoms with E-state index in [1.54, 1.807) is 4.90 Å². The fraction of sp³-hybridized carbons (Fsp3) is 0.548. The van der Waals surface area contributed by atoms with Crippen molar-refractivity contribution in [2.24, 2.45) is 0 Å². The summed E-state index contributed by atoms with van der Waals surface area (Å²) < 4.78 is 0. The van der Waals surface area contributed by atoms with E-state index in [-0.39, 0.29) is 18.0 Å². The second-order valence-electron chi connectivity index (χ2n) is 11.9. The van der Waals surface area contributed by atoms with Gasteiger partial charge in [0, 0.05) is 57.5 Å². The molecule has 3 amide bonds. The zero-order valence-corrected chi connectivity index (χ0v) is 22.9. The van der Waals surface area contributed by atoms with Gasteiger partial charge < -0.3 is 14.7 Å². The Balaban J connectivity index is 1.15. The summed E-state index contributed by atoms with van der Waals surface area (Å²) in [6.45, 7) is 6.20. The number of urea groups is 1. The van der Waals surface area contributed by atoms with E-state index in [2.05, 4.69) is 63.2 Å². The quantitative estimate of drug-likeness (QED) is 0.528. The molecular weight excluding hydrogens is 474 g/mol. The predicted octanol–water partition coefficient (Wildman–Crippen LogP) is 3.61. The summed E-state index contributed by atoms with van der Waals surface area (Å²) in [6.07, 6.45) is 5.51. The van der Waals surface area contributed by atoms with Gasteiger partial charge in [0.1, 0.15) is 5.54 Å². The van der Waals surface area contributed by atoms with Gasteiger partial charge in [-0.25, -0.2) is 4.79 Å². The molecule has 3 heterocycles. The highest BCUT2D eigenvalue weighted by Gasteiger charge is 2.59. The first-order chi connectivity index (χ1) is 18.4. The number of carbonyl (C=O) groups is 2. The van der Waals surface area contributed by atoms with Crippen molar-refractivity contribution in [1.82, 2.24) is 19.6 Å². The maximum Gasteiger partial charge on any atom is 0.328 e. The lowest BCUT2D eigenvalue weighted by Gasteiger charge is -2.42. The van der Waals surface area contributed by atoms with Gasteiger partial charge in [-0.05, 0) is 81.4 Å². The van der Waals surface area contributed by atoms with Crippen molar-refractivity contribution < 1.29 is 9.59 Å².